The van der Waals surface area contributed by atoms with Crippen LogP contribution in [-0.2, 0) is 22.4 Å². The van der Waals surface area contributed by atoms with Gasteiger partial charge in [-0.25, -0.2) is 0 Å². The summed E-state index contributed by atoms with van der Waals surface area (Å²) in [5, 5.41) is 9.21. The summed E-state index contributed by atoms with van der Waals surface area (Å²) in [6.07, 6.45) is 2.14. The summed E-state index contributed by atoms with van der Waals surface area (Å²) in [5.74, 6) is -0.851. The number of carbonyl (C=O) groups is 2. The van der Waals surface area contributed by atoms with Crippen molar-refractivity contribution in [1.82, 2.24) is 0 Å². The molecule has 2 rings (SSSR count). The molecule has 0 heterocycles. The summed E-state index contributed by atoms with van der Waals surface area (Å²) in [5.41, 5.74) is 3.23. The van der Waals surface area contributed by atoms with Gasteiger partial charge in [-0.15, -0.1) is 0 Å². The molecule has 1 aliphatic carbocycles. The fourth-order valence-corrected chi connectivity index (χ4v) is 2.34. The molecule has 0 unspecified atom stereocenters. The Kier molecular flexibility index (Phi) is 3.29. The highest BCUT2D eigenvalue weighted by molar-refractivity contribution is 6.50. The van der Waals surface area contributed by atoms with Gasteiger partial charge in [0.1, 0.15) is 6.29 Å². The van der Waals surface area contributed by atoms with Crippen molar-refractivity contribution in [3.8, 4) is 0 Å². The van der Waals surface area contributed by atoms with E-state index >= 15 is 0 Å². The summed E-state index contributed by atoms with van der Waals surface area (Å²) in [6.45, 7) is 0. The quantitative estimate of drug-likeness (QED) is 0.838. The highest BCUT2D eigenvalue weighted by Gasteiger charge is 2.17. The monoisotopic (exact) mass is 250 g/mol. The number of benzene rings is 1. The van der Waals surface area contributed by atoms with Gasteiger partial charge >= 0.3 is 5.97 Å². The van der Waals surface area contributed by atoms with Crippen molar-refractivity contribution in [3.63, 3.8) is 0 Å². The molecule has 88 valence electrons. The van der Waals surface area contributed by atoms with Crippen molar-refractivity contribution in [1.29, 1.82) is 0 Å². The van der Waals surface area contributed by atoms with Gasteiger partial charge in [0.2, 0.25) is 0 Å². The van der Waals surface area contributed by atoms with E-state index in [4.69, 9.17) is 16.7 Å². The van der Waals surface area contributed by atoms with Gasteiger partial charge in [-0.2, -0.15) is 0 Å². The van der Waals surface area contributed by atoms with Crippen LogP contribution in [0.5, 0.6) is 0 Å². The van der Waals surface area contributed by atoms with E-state index in [1.807, 2.05) is 6.07 Å². The topological polar surface area (TPSA) is 54.4 Å². The Labute approximate surface area is 104 Å². The summed E-state index contributed by atoms with van der Waals surface area (Å²) in [7, 11) is 0. The number of rotatable bonds is 3. The van der Waals surface area contributed by atoms with Crippen LogP contribution in [0.1, 0.15) is 23.1 Å². The number of halogens is 1. The number of fused-ring (bicyclic) bond motifs is 1. The maximum atomic E-state index is 10.8. The number of carboxylic acids is 1. The van der Waals surface area contributed by atoms with E-state index in [0.29, 0.717) is 17.0 Å². The maximum absolute atomic E-state index is 10.8. The molecule has 1 aromatic carbocycles. The lowest BCUT2D eigenvalue weighted by Crippen LogP contribution is -2.06. The van der Waals surface area contributed by atoms with E-state index < -0.39 is 5.97 Å². The van der Waals surface area contributed by atoms with Crippen molar-refractivity contribution < 1.29 is 14.7 Å². The van der Waals surface area contributed by atoms with Crippen molar-refractivity contribution >= 4 is 28.9 Å². The number of allylic oxidation sites excluding steroid dienone is 1. The Morgan fingerprint density at radius 3 is 2.82 bits per heavy atom. The minimum absolute atomic E-state index is 0.00908. The zero-order valence-electron chi connectivity index (χ0n) is 9.07. The van der Waals surface area contributed by atoms with Gasteiger partial charge < -0.3 is 5.11 Å². The van der Waals surface area contributed by atoms with Crippen LogP contribution in [0, 0.1) is 0 Å². The molecule has 0 aromatic heterocycles. The molecule has 0 saturated heterocycles. The second-order valence-corrected chi connectivity index (χ2v) is 4.40. The van der Waals surface area contributed by atoms with Crippen molar-refractivity contribution in [3.05, 3.63) is 40.5 Å². The SMILES string of the molecule is O=CC1=C(Cl)c2ccc(CC(=O)O)cc2CC1. The van der Waals surface area contributed by atoms with Gasteiger partial charge in [-0.3, -0.25) is 9.59 Å². The summed E-state index contributed by atoms with van der Waals surface area (Å²) >= 11 is 6.10. The molecule has 0 spiro atoms. The third-order valence-corrected chi connectivity index (χ3v) is 3.30. The minimum atomic E-state index is -0.851. The highest BCUT2D eigenvalue weighted by atomic mass is 35.5. The lowest BCUT2D eigenvalue weighted by atomic mass is 9.90. The number of aliphatic carboxylic acids is 1. The van der Waals surface area contributed by atoms with Crippen LogP contribution in [0.25, 0.3) is 5.03 Å². The van der Waals surface area contributed by atoms with Crippen molar-refractivity contribution in [2.75, 3.05) is 0 Å². The maximum Gasteiger partial charge on any atom is 0.307 e. The first-order valence-electron chi connectivity index (χ1n) is 5.29. The number of hydrogen-bond acceptors (Lipinski definition) is 2. The highest BCUT2D eigenvalue weighted by Crippen LogP contribution is 2.33. The van der Waals surface area contributed by atoms with Crippen LogP contribution in [-0.4, -0.2) is 17.4 Å². The van der Waals surface area contributed by atoms with Gasteiger partial charge in [0, 0.05) is 5.57 Å². The molecule has 0 amide bonds. The smallest absolute Gasteiger partial charge is 0.307 e. The van der Waals surface area contributed by atoms with E-state index in [1.54, 1.807) is 12.1 Å². The van der Waals surface area contributed by atoms with Gasteiger partial charge in [0.15, 0.2) is 0 Å². The molecule has 1 N–H and O–H groups in total. The van der Waals surface area contributed by atoms with Crippen LogP contribution in [0.2, 0.25) is 0 Å². The second kappa shape index (κ2) is 4.72. The Morgan fingerprint density at radius 2 is 2.18 bits per heavy atom. The van der Waals surface area contributed by atoms with Crippen molar-refractivity contribution in [2.45, 2.75) is 19.3 Å². The van der Waals surface area contributed by atoms with E-state index in [0.717, 1.165) is 29.4 Å². The molecule has 4 heteroatoms. The zero-order valence-corrected chi connectivity index (χ0v) is 9.83. The minimum Gasteiger partial charge on any atom is -0.481 e. The van der Waals surface area contributed by atoms with Crippen LogP contribution in [0.3, 0.4) is 0 Å². The standard InChI is InChI=1S/C13H11ClO3/c14-13-10(7-15)3-2-9-5-8(6-12(16)17)1-4-11(9)13/h1,4-5,7H,2-3,6H2,(H,16,17). The van der Waals surface area contributed by atoms with Crippen LogP contribution >= 0.6 is 11.6 Å². The fraction of sp³-hybridized carbons (Fsp3) is 0.231. The van der Waals surface area contributed by atoms with Crippen LogP contribution < -0.4 is 0 Å². The predicted octanol–water partition coefficient (Wildman–Crippen LogP) is 2.41. The number of carbonyl (C=O) groups excluding carboxylic acids is 1. The second-order valence-electron chi connectivity index (χ2n) is 4.02. The summed E-state index contributed by atoms with van der Waals surface area (Å²) in [4.78, 5) is 21.4. The van der Waals surface area contributed by atoms with Gasteiger partial charge in [0.05, 0.1) is 11.5 Å². The fourth-order valence-electron chi connectivity index (χ4n) is 2.02. The number of aryl methyl sites for hydroxylation is 1. The molecule has 17 heavy (non-hydrogen) atoms. The summed E-state index contributed by atoms with van der Waals surface area (Å²) < 4.78 is 0. The largest absolute Gasteiger partial charge is 0.481 e. The molecule has 0 radical (unpaired) electrons. The molecule has 3 nitrogen and oxygen atoms in total. The third kappa shape index (κ3) is 2.39. The lowest BCUT2D eigenvalue weighted by Gasteiger charge is -2.17. The molecule has 0 saturated carbocycles. The molecule has 1 aliphatic rings. The molecule has 0 atom stereocenters. The molecule has 0 aliphatic heterocycles. The van der Waals surface area contributed by atoms with Gasteiger partial charge in [-0.1, -0.05) is 29.8 Å². The number of aldehydes is 1. The first-order valence-corrected chi connectivity index (χ1v) is 5.67. The molecule has 0 fully saturated rings. The van der Waals surface area contributed by atoms with E-state index in [-0.39, 0.29) is 6.42 Å². The van der Waals surface area contributed by atoms with Crippen molar-refractivity contribution in [2.24, 2.45) is 0 Å². The van der Waals surface area contributed by atoms with Gasteiger partial charge in [-0.05, 0) is 29.5 Å². The van der Waals surface area contributed by atoms with E-state index in [1.165, 1.54) is 0 Å². The zero-order chi connectivity index (χ0) is 12.4. The summed E-state index contributed by atoms with van der Waals surface area (Å²) in [6, 6.07) is 5.38. The Morgan fingerprint density at radius 1 is 1.41 bits per heavy atom. The number of hydrogen-bond donors (Lipinski definition) is 1. The van der Waals surface area contributed by atoms with Crippen LogP contribution in [0.4, 0.5) is 0 Å². The molecular weight excluding hydrogens is 240 g/mol. The molecule has 1 aromatic rings. The first kappa shape index (κ1) is 11.9. The number of carboxylic acid groups (broad SMARTS) is 1. The normalized spacial score (nSPS) is 14.4. The first-order chi connectivity index (χ1) is 8.11. The molecule has 0 bridgehead atoms. The van der Waals surface area contributed by atoms with Gasteiger partial charge in [0.25, 0.3) is 0 Å². The average molecular weight is 251 g/mol. The lowest BCUT2D eigenvalue weighted by molar-refractivity contribution is -0.136. The Hall–Kier alpha value is -1.61. The average Bonchev–Trinajstić information content (AvgIpc) is 2.28. The van der Waals surface area contributed by atoms with E-state index in [2.05, 4.69) is 0 Å². The van der Waals surface area contributed by atoms with E-state index in [9.17, 15) is 9.59 Å². The third-order valence-electron chi connectivity index (χ3n) is 2.85. The Bertz CT molecular complexity index is 517. The predicted molar refractivity (Wildman–Crippen MR) is 64.9 cm³/mol. The van der Waals surface area contributed by atoms with Crippen LogP contribution in [0.15, 0.2) is 23.8 Å². The Balaban J connectivity index is 2.40. The molecular formula is C13H11ClO3.